The zero-order valence-electron chi connectivity index (χ0n) is 10.5. The Kier molecular flexibility index (Phi) is 3.69. The lowest BCUT2D eigenvalue weighted by Gasteiger charge is -2.02. The van der Waals surface area contributed by atoms with Crippen LogP contribution in [-0.2, 0) is 0 Å². The molecule has 0 aliphatic rings. The third-order valence-electron chi connectivity index (χ3n) is 2.75. The molecule has 5 heteroatoms. The van der Waals surface area contributed by atoms with Crippen molar-refractivity contribution in [1.29, 1.82) is 0 Å². The van der Waals surface area contributed by atoms with Crippen molar-refractivity contribution in [2.24, 2.45) is 0 Å². The van der Waals surface area contributed by atoms with Gasteiger partial charge in [0.1, 0.15) is 5.82 Å². The number of imidazole rings is 1. The Hall–Kier alpha value is -2.27. The van der Waals surface area contributed by atoms with E-state index in [4.69, 9.17) is 0 Å². The standard InChI is InChI=1S/C15H12FN3S/c16-13-9-5-4-8-12(13)14-10-17-15(18-14)19-20-11-6-2-1-3-7-11/h1-10H,(H2,17,18,19). The van der Waals surface area contributed by atoms with Crippen LogP contribution in [0.2, 0.25) is 0 Å². The van der Waals surface area contributed by atoms with Crippen LogP contribution in [0.1, 0.15) is 0 Å². The van der Waals surface area contributed by atoms with E-state index in [9.17, 15) is 4.39 Å². The molecule has 3 nitrogen and oxygen atoms in total. The van der Waals surface area contributed by atoms with Gasteiger partial charge in [0.05, 0.1) is 11.9 Å². The lowest BCUT2D eigenvalue weighted by Crippen LogP contribution is -1.89. The first-order valence-electron chi connectivity index (χ1n) is 6.11. The van der Waals surface area contributed by atoms with E-state index in [2.05, 4.69) is 14.7 Å². The highest BCUT2D eigenvalue weighted by molar-refractivity contribution is 8.00. The summed E-state index contributed by atoms with van der Waals surface area (Å²) in [6.45, 7) is 0. The monoisotopic (exact) mass is 285 g/mol. The summed E-state index contributed by atoms with van der Waals surface area (Å²) in [7, 11) is 0. The van der Waals surface area contributed by atoms with E-state index >= 15 is 0 Å². The van der Waals surface area contributed by atoms with Gasteiger partial charge in [0.25, 0.3) is 0 Å². The van der Waals surface area contributed by atoms with Crippen molar-refractivity contribution < 1.29 is 4.39 Å². The maximum atomic E-state index is 13.7. The molecule has 0 saturated heterocycles. The molecular formula is C15H12FN3S. The van der Waals surface area contributed by atoms with Gasteiger partial charge in [-0.1, -0.05) is 30.3 Å². The number of halogens is 1. The molecule has 0 unspecified atom stereocenters. The first-order valence-corrected chi connectivity index (χ1v) is 6.92. The number of aromatic amines is 1. The van der Waals surface area contributed by atoms with Gasteiger partial charge in [-0.2, -0.15) is 0 Å². The number of H-pyrrole nitrogens is 1. The first-order chi connectivity index (χ1) is 9.83. The maximum absolute atomic E-state index is 13.7. The highest BCUT2D eigenvalue weighted by atomic mass is 32.2. The molecule has 3 rings (SSSR count). The number of nitrogens with one attached hydrogen (secondary N) is 2. The number of anilines is 1. The molecule has 0 atom stereocenters. The lowest BCUT2D eigenvalue weighted by atomic mass is 10.1. The van der Waals surface area contributed by atoms with E-state index in [0.29, 0.717) is 17.2 Å². The Morgan fingerprint density at radius 2 is 1.75 bits per heavy atom. The van der Waals surface area contributed by atoms with E-state index < -0.39 is 0 Å². The molecule has 0 aliphatic heterocycles. The highest BCUT2D eigenvalue weighted by Crippen LogP contribution is 2.24. The molecule has 0 spiro atoms. The molecule has 1 aromatic heterocycles. The Morgan fingerprint density at radius 1 is 1.00 bits per heavy atom. The average Bonchev–Trinajstić information content (AvgIpc) is 2.95. The molecule has 3 aromatic rings. The van der Waals surface area contributed by atoms with E-state index in [0.717, 1.165) is 4.90 Å². The molecule has 100 valence electrons. The SMILES string of the molecule is Fc1ccccc1-c1cnc(NSc2ccccc2)[nH]1. The largest absolute Gasteiger partial charge is 0.323 e. The van der Waals surface area contributed by atoms with Gasteiger partial charge in [0, 0.05) is 10.5 Å². The van der Waals surface area contributed by atoms with Gasteiger partial charge in [-0.25, -0.2) is 9.37 Å². The molecule has 2 aromatic carbocycles. The fourth-order valence-corrected chi connectivity index (χ4v) is 2.40. The summed E-state index contributed by atoms with van der Waals surface area (Å²) in [5.74, 6) is 0.329. The van der Waals surface area contributed by atoms with Crippen LogP contribution in [0.15, 0.2) is 65.7 Å². The number of aromatic nitrogens is 2. The van der Waals surface area contributed by atoms with E-state index in [1.54, 1.807) is 24.4 Å². The van der Waals surface area contributed by atoms with Crippen molar-refractivity contribution in [3.05, 3.63) is 66.6 Å². The van der Waals surface area contributed by atoms with Gasteiger partial charge in [-0.3, -0.25) is 4.72 Å². The molecule has 0 saturated carbocycles. The minimum absolute atomic E-state index is 0.265. The van der Waals surface area contributed by atoms with Gasteiger partial charge in [-0.15, -0.1) is 0 Å². The van der Waals surface area contributed by atoms with Crippen LogP contribution in [0.3, 0.4) is 0 Å². The Labute approximate surface area is 120 Å². The quantitative estimate of drug-likeness (QED) is 0.701. The summed E-state index contributed by atoms with van der Waals surface area (Å²) in [5.41, 5.74) is 1.16. The molecule has 20 heavy (non-hydrogen) atoms. The number of hydrogen-bond donors (Lipinski definition) is 2. The molecule has 1 heterocycles. The van der Waals surface area contributed by atoms with Gasteiger partial charge < -0.3 is 4.98 Å². The van der Waals surface area contributed by atoms with E-state index in [1.807, 2.05) is 30.3 Å². The van der Waals surface area contributed by atoms with E-state index in [-0.39, 0.29) is 5.82 Å². The van der Waals surface area contributed by atoms with Gasteiger partial charge in [0.15, 0.2) is 0 Å². The Morgan fingerprint density at radius 3 is 2.55 bits per heavy atom. The van der Waals surface area contributed by atoms with Crippen LogP contribution in [0.4, 0.5) is 10.3 Å². The third-order valence-corrected chi connectivity index (χ3v) is 3.55. The zero-order valence-corrected chi connectivity index (χ0v) is 11.3. The predicted molar refractivity (Wildman–Crippen MR) is 79.9 cm³/mol. The fraction of sp³-hybridized carbons (Fsp3) is 0. The lowest BCUT2D eigenvalue weighted by molar-refractivity contribution is 0.631. The minimum atomic E-state index is -0.265. The van der Waals surface area contributed by atoms with Crippen molar-refractivity contribution in [2.75, 3.05) is 4.72 Å². The predicted octanol–water partition coefficient (Wildman–Crippen LogP) is 4.34. The van der Waals surface area contributed by atoms with Crippen molar-refractivity contribution in [2.45, 2.75) is 4.90 Å². The first kappa shape index (κ1) is 12.7. The third kappa shape index (κ3) is 2.83. The van der Waals surface area contributed by atoms with E-state index in [1.165, 1.54) is 18.0 Å². The van der Waals surface area contributed by atoms with Crippen molar-refractivity contribution in [3.63, 3.8) is 0 Å². The van der Waals surface area contributed by atoms with Crippen molar-refractivity contribution in [3.8, 4) is 11.3 Å². The molecule has 0 amide bonds. The molecule has 2 N–H and O–H groups in total. The summed E-state index contributed by atoms with van der Waals surface area (Å²) in [5, 5.41) is 0. The minimum Gasteiger partial charge on any atom is -0.323 e. The second kappa shape index (κ2) is 5.79. The van der Waals surface area contributed by atoms with Crippen LogP contribution in [0, 0.1) is 5.82 Å². The van der Waals surface area contributed by atoms with Crippen LogP contribution in [-0.4, -0.2) is 9.97 Å². The van der Waals surface area contributed by atoms with Crippen molar-refractivity contribution >= 4 is 17.9 Å². The normalized spacial score (nSPS) is 10.4. The summed E-state index contributed by atoms with van der Waals surface area (Å²) in [6.07, 6.45) is 1.62. The fourth-order valence-electron chi connectivity index (χ4n) is 1.79. The molecule has 0 bridgehead atoms. The smallest absolute Gasteiger partial charge is 0.211 e. The average molecular weight is 285 g/mol. The van der Waals surface area contributed by atoms with Crippen LogP contribution in [0.25, 0.3) is 11.3 Å². The topological polar surface area (TPSA) is 40.7 Å². The second-order valence-electron chi connectivity index (χ2n) is 4.14. The maximum Gasteiger partial charge on any atom is 0.211 e. The molecular weight excluding hydrogens is 273 g/mol. The highest BCUT2D eigenvalue weighted by Gasteiger charge is 2.07. The molecule has 0 fully saturated rings. The summed E-state index contributed by atoms with van der Waals surface area (Å²) in [6, 6.07) is 16.5. The van der Waals surface area contributed by atoms with Crippen LogP contribution >= 0.6 is 11.9 Å². The number of benzene rings is 2. The molecule has 0 radical (unpaired) electrons. The molecule has 0 aliphatic carbocycles. The second-order valence-corrected chi connectivity index (χ2v) is 5.02. The van der Waals surface area contributed by atoms with Crippen LogP contribution in [0.5, 0.6) is 0 Å². The number of rotatable bonds is 4. The number of nitrogens with zero attached hydrogens (tertiary/aromatic N) is 1. The van der Waals surface area contributed by atoms with Gasteiger partial charge >= 0.3 is 0 Å². The number of hydrogen-bond acceptors (Lipinski definition) is 3. The summed E-state index contributed by atoms with van der Waals surface area (Å²) >= 11 is 1.45. The van der Waals surface area contributed by atoms with Gasteiger partial charge in [0.2, 0.25) is 5.95 Å². The Bertz CT molecular complexity index is 697. The summed E-state index contributed by atoms with van der Waals surface area (Å²) < 4.78 is 16.8. The Balaban J connectivity index is 1.73. The summed E-state index contributed by atoms with van der Waals surface area (Å²) in [4.78, 5) is 8.33. The zero-order chi connectivity index (χ0) is 13.8. The van der Waals surface area contributed by atoms with Crippen LogP contribution < -0.4 is 4.72 Å². The van der Waals surface area contributed by atoms with Crippen molar-refractivity contribution in [1.82, 2.24) is 9.97 Å². The van der Waals surface area contributed by atoms with Gasteiger partial charge in [-0.05, 0) is 36.2 Å².